The number of para-hydroxylation sites is 2. The molecule has 1 aromatic rings. The van der Waals surface area contributed by atoms with Gasteiger partial charge in [0.2, 0.25) is 0 Å². The van der Waals surface area contributed by atoms with Gasteiger partial charge in [-0.05, 0) is 32.9 Å². The zero-order valence-corrected chi connectivity index (χ0v) is 9.98. The maximum Gasteiger partial charge on any atom is 0.397 e. The van der Waals surface area contributed by atoms with Gasteiger partial charge in [0, 0.05) is 0 Å². The number of benzene rings is 1. The minimum atomic E-state index is -0.985. The van der Waals surface area contributed by atoms with Crippen molar-refractivity contribution in [1.29, 1.82) is 0 Å². The van der Waals surface area contributed by atoms with Crippen molar-refractivity contribution in [3.05, 3.63) is 24.3 Å². The van der Waals surface area contributed by atoms with E-state index >= 15 is 0 Å². The predicted octanol–water partition coefficient (Wildman–Crippen LogP) is 1.67. The fourth-order valence-electron chi connectivity index (χ4n) is 1.08. The van der Waals surface area contributed by atoms with Gasteiger partial charge in [-0.3, -0.25) is 4.79 Å². The highest BCUT2D eigenvalue weighted by atomic mass is 16.6. The number of amides is 1. The lowest BCUT2D eigenvalue weighted by atomic mass is 10.2. The molecule has 0 aliphatic heterocycles. The first kappa shape index (κ1) is 13.0. The van der Waals surface area contributed by atoms with Crippen LogP contribution in [-0.4, -0.2) is 22.6 Å². The Bertz CT molecular complexity index is 434. The van der Waals surface area contributed by atoms with Crippen molar-refractivity contribution in [2.75, 3.05) is 5.32 Å². The van der Waals surface area contributed by atoms with Gasteiger partial charge in [-0.25, -0.2) is 4.79 Å². The number of hydrogen-bond acceptors (Lipinski definition) is 4. The summed E-state index contributed by atoms with van der Waals surface area (Å²) in [5.74, 6) is -2.01. The van der Waals surface area contributed by atoms with E-state index in [0.717, 1.165) is 0 Å². The van der Waals surface area contributed by atoms with Crippen molar-refractivity contribution in [3.8, 4) is 5.75 Å². The van der Waals surface area contributed by atoms with Gasteiger partial charge < -0.3 is 15.2 Å². The lowest BCUT2D eigenvalue weighted by Crippen LogP contribution is -2.32. The molecule has 0 spiro atoms. The number of anilines is 1. The van der Waals surface area contributed by atoms with E-state index < -0.39 is 17.5 Å². The zero-order chi connectivity index (χ0) is 13.1. The number of rotatable bonds is 1. The summed E-state index contributed by atoms with van der Waals surface area (Å²) in [6, 6.07) is 6.13. The van der Waals surface area contributed by atoms with Crippen LogP contribution in [0.5, 0.6) is 5.75 Å². The molecule has 92 valence electrons. The summed E-state index contributed by atoms with van der Waals surface area (Å²) in [5.41, 5.74) is -0.559. The molecule has 1 aromatic carbocycles. The molecule has 0 aliphatic rings. The molecule has 1 rings (SSSR count). The second-order valence-electron chi connectivity index (χ2n) is 4.47. The molecule has 0 fully saturated rings. The summed E-state index contributed by atoms with van der Waals surface area (Å²) in [5, 5.41) is 11.7. The van der Waals surface area contributed by atoms with Crippen LogP contribution in [0, 0.1) is 0 Å². The van der Waals surface area contributed by atoms with Crippen LogP contribution in [0.4, 0.5) is 5.69 Å². The SMILES string of the molecule is CC(C)(C)OC(=O)C(=O)Nc1ccccc1O. The topological polar surface area (TPSA) is 75.6 Å². The minimum absolute atomic E-state index is 0.107. The first-order valence-corrected chi connectivity index (χ1v) is 5.12. The van der Waals surface area contributed by atoms with E-state index in [9.17, 15) is 14.7 Å². The molecular formula is C12H15NO4. The van der Waals surface area contributed by atoms with E-state index in [-0.39, 0.29) is 11.4 Å². The smallest absolute Gasteiger partial charge is 0.397 e. The van der Waals surface area contributed by atoms with E-state index in [4.69, 9.17) is 4.74 Å². The number of esters is 1. The van der Waals surface area contributed by atoms with Gasteiger partial charge in [0.1, 0.15) is 11.4 Å². The van der Waals surface area contributed by atoms with Gasteiger partial charge in [0.15, 0.2) is 0 Å². The highest BCUT2D eigenvalue weighted by Gasteiger charge is 2.23. The number of carbonyl (C=O) groups excluding carboxylic acids is 2. The van der Waals surface area contributed by atoms with E-state index in [1.54, 1.807) is 32.9 Å². The molecule has 5 heteroatoms. The Balaban J connectivity index is 2.68. The van der Waals surface area contributed by atoms with Gasteiger partial charge in [-0.1, -0.05) is 12.1 Å². The molecular weight excluding hydrogens is 222 g/mol. The lowest BCUT2D eigenvalue weighted by molar-refractivity contribution is -0.161. The van der Waals surface area contributed by atoms with Gasteiger partial charge >= 0.3 is 11.9 Å². The Labute approximate surface area is 99.4 Å². The van der Waals surface area contributed by atoms with E-state index in [2.05, 4.69) is 5.32 Å². The highest BCUT2D eigenvalue weighted by Crippen LogP contribution is 2.21. The summed E-state index contributed by atoms with van der Waals surface area (Å²) >= 11 is 0. The maximum atomic E-state index is 11.4. The van der Waals surface area contributed by atoms with Crippen molar-refractivity contribution in [1.82, 2.24) is 0 Å². The van der Waals surface area contributed by atoms with Gasteiger partial charge in [-0.2, -0.15) is 0 Å². The van der Waals surface area contributed by atoms with Crippen molar-refractivity contribution < 1.29 is 19.4 Å². The first-order valence-electron chi connectivity index (χ1n) is 5.12. The van der Waals surface area contributed by atoms with Crippen LogP contribution < -0.4 is 5.32 Å². The summed E-state index contributed by atoms with van der Waals surface area (Å²) in [7, 11) is 0. The van der Waals surface area contributed by atoms with Crippen LogP contribution in [0.15, 0.2) is 24.3 Å². The molecule has 0 radical (unpaired) electrons. The molecule has 5 nitrogen and oxygen atoms in total. The number of nitrogens with one attached hydrogen (secondary N) is 1. The molecule has 0 heterocycles. The van der Waals surface area contributed by atoms with Crippen LogP contribution in [0.25, 0.3) is 0 Å². The standard InChI is InChI=1S/C12H15NO4/c1-12(2,3)17-11(16)10(15)13-8-6-4-5-7-9(8)14/h4-7,14H,1-3H3,(H,13,15). The Hall–Kier alpha value is -2.04. The number of hydrogen-bond donors (Lipinski definition) is 2. The normalized spacial score (nSPS) is 10.8. The lowest BCUT2D eigenvalue weighted by Gasteiger charge is -2.18. The Morgan fingerprint density at radius 2 is 1.82 bits per heavy atom. The Kier molecular flexibility index (Phi) is 3.73. The van der Waals surface area contributed by atoms with E-state index in [1.807, 2.05) is 0 Å². The largest absolute Gasteiger partial charge is 0.506 e. The fourth-order valence-corrected chi connectivity index (χ4v) is 1.08. The number of ether oxygens (including phenoxy) is 1. The molecule has 17 heavy (non-hydrogen) atoms. The van der Waals surface area contributed by atoms with Crippen LogP contribution in [0.2, 0.25) is 0 Å². The molecule has 0 bridgehead atoms. The summed E-state index contributed by atoms with van der Waals surface area (Å²) < 4.78 is 4.88. The van der Waals surface area contributed by atoms with Crippen LogP contribution >= 0.6 is 0 Å². The van der Waals surface area contributed by atoms with Crippen molar-refractivity contribution in [2.24, 2.45) is 0 Å². The molecule has 2 N–H and O–H groups in total. The van der Waals surface area contributed by atoms with Crippen LogP contribution in [0.3, 0.4) is 0 Å². The summed E-state index contributed by atoms with van der Waals surface area (Å²) in [6.07, 6.45) is 0. The Morgan fingerprint density at radius 1 is 1.24 bits per heavy atom. The molecule has 0 atom stereocenters. The maximum absolute atomic E-state index is 11.4. The van der Waals surface area contributed by atoms with Crippen molar-refractivity contribution in [2.45, 2.75) is 26.4 Å². The Morgan fingerprint density at radius 3 is 2.35 bits per heavy atom. The summed E-state index contributed by atoms with van der Waals surface area (Å²) in [6.45, 7) is 4.99. The number of phenols is 1. The third-order valence-corrected chi connectivity index (χ3v) is 1.74. The van der Waals surface area contributed by atoms with Crippen LogP contribution in [-0.2, 0) is 14.3 Å². The predicted molar refractivity (Wildman–Crippen MR) is 62.6 cm³/mol. The van der Waals surface area contributed by atoms with Gasteiger partial charge in [-0.15, -0.1) is 0 Å². The van der Waals surface area contributed by atoms with Crippen molar-refractivity contribution >= 4 is 17.6 Å². The second kappa shape index (κ2) is 4.86. The number of carbonyl (C=O) groups is 2. The molecule has 1 amide bonds. The average molecular weight is 237 g/mol. The fraction of sp³-hybridized carbons (Fsp3) is 0.333. The second-order valence-corrected chi connectivity index (χ2v) is 4.47. The van der Waals surface area contributed by atoms with Gasteiger partial charge in [0.25, 0.3) is 0 Å². The molecule has 0 aliphatic carbocycles. The minimum Gasteiger partial charge on any atom is -0.506 e. The molecule has 0 unspecified atom stereocenters. The monoisotopic (exact) mass is 237 g/mol. The van der Waals surface area contributed by atoms with Crippen molar-refractivity contribution in [3.63, 3.8) is 0 Å². The third kappa shape index (κ3) is 4.14. The first-order chi connectivity index (χ1) is 7.79. The average Bonchev–Trinajstić information content (AvgIpc) is 2.18. The quantitative estimate of drug-likeness (QED) is 0.442. The van der Waals surface area contributed by atoms with E-state index in [1.165, 1.54) is 12.1 Å². The van der Waals surface area contributed by atoms with Crippen LogP contribution in [0.1, 0.15) is 20.8 Å². The third-order valence-electron chi connectivity index (χ3n) is 1.74. The zero-order valence-electron chi connectivity index (χ0n) is 9.98. The van der Waals surface area contributed by atoms with Gasteiger partial charge in [0.05, 0.1) is 5.69 Å². The van der Waals surface area contributed by atoms with E-state index in [0.29, 0.717) is 0 Å². The molecule has 0 saturated carbocycles. The molecule has 0 aromatic heterocycles. The molecule has 0 saturated heterocycles. The highest BCUT2D eigenvalue weighted by molar-refractivity contribution is 6.37. The number of phenolic OH excluding ortho intramolecular Hbond substituents is 1. The summed E-state index contributed by atoms with van der Waals surface area (Å²) in [4.78, 5) is 22.8. The number of aromatic hydroxyl groups is 1.